The molecule has 0 aliphatic heterocycles. The molecule has 2 rings (SSSR count). The van der Waals surface area contributed by atoms with Crippen LogP contribution in [0, 0.1) is 6.92 Å². The van der Waals surface area contributed by atoms with E-state index in [2.05, 4.69) is 42.4 Å². The highest BCUT2D eigenvalue weighted by atomic mass is 32.2. The molecule has 0 radical (unpaired) electrons. The van der Waals surface area contributed by atoms with Gasteiger partial charge in [0.2, 0.25) is 5.95 Å². The first kappa shape index (κ1) is 12.2. The number of anilines is 1. The van der Waals surface area contributed by atoms with Crippen molar-refractivity contribution < 1.29 is 0 Å². The summed E-state index contributed by atoms with van der Waals surface area (Å²) < 4.78 is 1.98. The normalized spacial score (nSPS) is 12.0. The van der Waals surface area contributed by atoms with Gasteiger partial charge in [-0.05, 0) is 44.7 Å². The summed E-state index contributed by atoms with van der Waals surface area (Å²) in [4.78, 5) is 4.44. The topological polar surface area (TPSA) is 42.2 Å². The van der Waals surface area contributed by atoms with Crippen LogP contribution in [0.25, 0.3) is 5.65 Å². The lowest BCUT2D eigenvalue weighted by Gasteiger charge is -2.21. The Balaban J connectivity index is 2.15. The summed E-state index contributed by atoms with van der Waals surface area (Å²) in [7, 11) is 0. The molecule has 5 heteroatoms. The molecule has 0 saturated carbocycles. The molecule has 17 heavy (non-hydrogen) atoms. The Kier molecular flexibility index (Phi) is 3.28. The number of thioether (sulfide) groups is 1. The third kappa shape index (κ3) is 2.91. The fraction of sp³-hybridized carbons (Fsp3) is 0.500. The Hall–Kier alpha value is -1.23. The molecule has 2 aromatic heterocycles. The summed E-state index contributed by atoms with van der Waals surface area (Å²) in [5.41, 5.74) is 2.08. The minimum Gasteiger partial charge on any atom is -0.352 e. The molecule has 0 unspecified atom stereocenters. The van der Waals surface area contributed by atoms with E-state index in [1.54, 1.807) is 4.52 Å². The fourth-order valence-electron chi connectivity index (χ4n) is 1.42. The molecule has 0 fully saturated rings. The van der Waals surface area contributed by atoms with Crippen molar-refractivity contribution >= 4 is 23.4 Å². The van der Waals surface area contributed by atoms with E-state index in [-0.39, 0.29) is 4.75 Å². The van der Waals surface area contributed by atoms with Crippen LogP contribution in [0.1, 0.15) is 19.4 Å². The van der Waals surface area contributed by atoms with Gasteiger partial charge in [-0.3, -0.25) is 0 Å². The smallest absolute Gasteiger partial charge is 0.243 e. The van der Waals surface area contributed by atoms with Crippen molar-refractivity contribution in [1.82, 2.24) is 14.6 Å². The number of hydrogen-bond donors (Lipinski definition) is 1. The third-order valence-electron chi connectivity index (χ3n) is 2.72. The van der Waals surface area contributed by atoms with Crippen LogP contribution in [0.3, 0.4) is 0 Å². The van der Waals surface area contributed by atoms with Crippen LogP contribution in [0.2, 0.25) is 0 Å². The zero-order chi connectivity index (χ0) is 12.5. The van der Waals surface area contributed by atoms with Crippen LogP contribution >= 0.6 is 11.8 Å². The van der Waals surface area contributed by atoms with Crippen LogP contribution in [-0.4, -0.2) is 32.1 Å². The molecule has 0 aromatic carbocycles. The van der Waals surface area contributed by atoms with Gasteiger partial charge in [0.15, 0.2) is 5.65 Å². The van der Waals surface area contributed by atoms with Crippen molar-refractivity contribution in [2.75, 3.05) is 18.1 Å². The minimum atomic E-state index is 0.188. The number of hydrogen-bond acceptors (Lipinski definition) is 4. The number of nitrogens with one attached hydrogen (secondary N) is 1. The van der Waals surface area contributed by atoms with Crippen LogP contribution in [0.15, 0.2) is 18.3 Å². The summed E-state index contributed by atoms with van der Waals surface area (Å²) >= 11 is 1.83. The highest BCUT2D eigenvalue weighted by Crippen LogP contribution is 2.21. The van der Waals surface area contributed by atoms with Crippen molar-refractivity contribution in [3.05, 3.63) is 23.9 Å². The number of rotatable bonds is 4. The molecular formula is C12H18N4S. The maximum atomic E-state index is 4.44. The SMILES string of the molecule is CSC(C)(C)CNc1nc2cc(C)ccn2n1. The van der Waals surface area contributed by atoms with Gasteiger partial charge in [0.05, 0.1) is 0 Å². The van der Waals surface area contributed by atoms with E-state index in [9.17, 15) is 0 Å². The Morgan fingerprint density at radius 1 is 1.47 bits per heavy atom. The number of fused-ring (bicyclic) bond motifs is 1. The minimum absolute atomic E-state index is 0.188. The van der Waals surface area contributed by atoms with Crippen molar-refractivity contribution in [1.29, 1.82) is 0 Å². The van der Waals surface area contributed by atoms with E-state index in [0.29, 0.717) is 5.95 Å². The van der Waals surface area contributed by atoms with Gasteiger partial charge < -0.3 is 5.32 Å². The number of aromatic nitrogens is 3. The van der Waals surface area contributed by atoms with Crippen LogP contribution in [-0.2, 0) is 0 Å². The molecule has 0 spiro atoms. The molecule has 0 saturated heterocycles. The molecule has 0 aliphatic carbocycles. The molecule has 4 nitrogen and oxygen atoms in total. The molecule has 0 amide bonds. The van der Waals surface area contributed by atoms with Gasteiger partial charge in [0, 0.05) is 17.5 Å². The van der Waals surface area contributed by atoms with Gasteiger partial charge in [-0.1, -0.05) is 0 Å². The predicted molar refractivity (Wildman–Crippen MR) is 73.8 cm³/mol. The number of aryl methyl sites for hydroxylation is 1. The molecule has 0 bridgehead atoms. The predicted octanol–water partition coefficient (Wildman–Crippen LogP) is 2.59. The number of pyridine rings is 1. The van der Waals surface area contributed by atoms with E-state index >= 15 is 0 Å². The zero-order valence-corrected chi connectivity index (χ0v) is 11.5. The summed E-state index contributed by atoms with van der Waals surface area (Å²) in [5.74, 6) is 0.692. The van der Waals surface area contributed by atoms with Gasteiger partial charge in [-0.2, -0.15) is 16.7 Å². The van der Waals surface area contributed by atoms with E-state index in [4.69, 9.17) is 0 Å². The van der Waals surface area contributed by atoms with Crippen molar-refractivity contribution in [3.63, 3.8) is 0 Å². The monoisotopic (exact) mass is 250 g/mol. The number of nitrogens with zero attached hydrogens (tertiary/aromatic N) is 3. The summed E-state index contributed by atoms with van der Waals surface area (Å²) in [6.07, 6.45) is 4.05. The third-order valence-corrected chi connectivity index (χ3v) is 3.97. The lowest BCUT2D eigenvalue weighted by atomic mass is 10.2. The average molecular weight is 250 g/mol. The van der Waals surface area contributed by atoms with Gasteiger partial charge in [0.1, 0.15) is 0 Å². The van der Waals surface area contributed by atoms with E-state index in [1.807, 2.05) is 30.1 Å². The molecule has 0 aliphatic rings. The standard InChI is InChI=1S/C12H18N4S/c1-9-5-6-16-10(7-9)14-11(15-16)13-8-12(2,3)17-4/h5-7H,8H2,1-4H3,(H,13,15). The molecule has 92 valence electrons. The summed E-state index contributed by atoms with van der Waals surface area (Å²) in [6, 6.07) is 4.05. The summed E-state index contributed by atoms with van der Waals surface area (Å²) in [6.45, 7) is 7.30. The second kappa shape index (κ2) is 4.56. The van der Waals surface area contributed by atoms with Gasteiger partial charge in [0.25, 0.3) is 0 Å². The summed E-state index contributed by atoms with van der Waals surface area (Å²) in [5, 5.41) is 7.66. The fourth-order valence-corrected chi connectivity index (χ4v) is 1.64. The lowest BCUT2D eigenvalue weighted by Crippen LogP contribution is -2.26. The molecule has 0 atom stereocenters. The first-order valence-electron chi connectivity index (χ1n) is 5.62. The van der Waals surface area contributed by atoms with E-state index < -0.39 is 0 Å². The Labute approximate surface area is 106 Å². The Morgan fingerprint density at radius 3 is 2.94 bits per heavy atom. The molecular weight excluding hydrogens is 232 g/mol. The maximum Gasteiger partial charge on any atom is 0.243 e. The highest BCUT2D eigenvalue weighted by molar-refractivity contribution is 7.99. The van der Waals surface area contributed by atoms with E-state index in [1.165, 1.54) is 5.56 Å². The molecule has 2 aromatic rings. The van der Waals surface area contributed by atoms with Gasteiger partial charge in [-0.15, -0.1) is 5.10 Å². The molecule has 1 N–H and O–H groups in total. The van der Waals surface area contributed by atoms with E-state index in [0.717, 1.165) is 12.2 Å². The zero-order valence-electron chi connectivity index (χ0n) is 10.7. The maximum absolute atomic E-state index is 4.44. The quantitative estimate of drug-likeness (QED) is 0.905. The van der Waals surface area contributed by atoms with Crippen molar-refractivity contribution in [2.24, 2.45) is 0 Å². The van der Waals surface area contributed by atoms with Crippen LogP contribution in [0.4, 0.5) is 5.95 Å². The van der Waals surface area contributed by atoms with Crippen molar-refractivity contribution in [2.45, 2.75) is 25.5 Å². The second-order valence-corrected chi connectivity index (χ2v) is 6.27. The van der Waals surface area contributed by atoms with Crippen molar-refractivity contribution in [3.8, 4) is 0 Å². The Morgan fingerprint density at radius 2 is 2.24 bits per heavy atom. The second-order valence-electron chi connectivity index (χ2n) is 4.76. The Bertz CT molecular complexity index is 518. The molecule has 2 heterocycles. The van der Waals surface area contributed by atoms with Crippen LogP contribution in [0.5, 0.6) is 0 Å². The first-order chi connectivity index (χ1) is 8.00. The largest absolute Gasteiger partial charge is 0.352 e. The highest BCUT2D eigenvalue weighted by Gasteiger charge is 2.16. The average Bonchev–Trinajstić information content (AvgIpc) is 2.68. The lowest BCUT2D eigenvalue weighted by molar-refractivity contribution is 0.746. The van der Waals surface area contributed by atoms with Gasteiger partial charge >= 0.3 is 0 Å². The van der Waals surface area contributed by atoms with Crippen LogP contribution < -0.4 is 5.32 Å². The van der Waals surface area contributed by atoms with Gasteiger partial charge in [-0.25, -0.2) is 4.52 Å². The first-order valence-corrected chi connectivity index (χ1v) is 6.85.